The number of halogens is 2. The summed E-state index contributed by atoms with van der Waals surface area (Å²) in [6.45, 7) is 0. The molecule has 1 amide bonds. The third-order valence-corrected chi connectivity index (χ3v) is 3.56. The quantitative estimate of drug-likeness (QED) is 0.599. The Hall–Kier alpha value is -0.550. The van der Waals surface area contributed by atoms with Gasteiger partial charge in [-0.1, -0.05) is 31.9 Å². The Morgan fingerprint density at radius 3 is 2.67 bits per heavy atom. The topological polar surface area (TPSA) is 32.3 Å². The number of carbonyl (C=O) groups is 1. The molecule has 5 heteroatoms. The van der Waals surface area contributed by atoms with Crippen LogP contribution in [0, 0.1) is 0 Å². The lowest BCUT2D eigenvalue weighted by atomic mass is 10.2. The zero-order valence-electron chi connectivity index (χ0n) is 10.7. The number of unbranched alkanes of at least 4 members (excludes halogenated alkanes) is 1. The van der Waals surface area contributed by atoms with Crippen LogP contribution in [0.15, 0.2) is 22.7 Å². The van der Waals surface area contributed by atoms with Crippen molar-refractivity contribution < 1.29 is 4.79 Å². The molecule has 0 saturated carbocycles. The molecule has 0 saturated heterocycles. The second-order valence-corrected chi connectivity index (χ2v) is 5.96. The number of benzene rings is 1. The van der Waals surface area contributed by atoms with E-state index in [1.54, 1.807) is 0 Å². The highest BCUT2D eigenvalue weighted by atomic mass is 79.9. The number of carbonyl (C=O) groups excluding carboxylic acids is 1. The Bertz CT molecular complexity index is 408. The van der Waals surface area contributed by atoms with Gasteiger partial charge in [-0.05, 0) is 31.0 Å². The van der Waals surface area contributed by atoms with Gasteiger partial charge in [0, 0.05) is 30.3 Å². The number of nitrogens with zero attached hydrogens (tertiary/aromatic N) is 1. The van der Waals surface area contributed by atoms with Crippen molar-refractivity contribution in [1.29, 1.82) is 0 Å². The van der Waals surface area contributed by atoms with Crippen LogP contribution in [-0.4, -0.2) is 25.3 Å². The van der Waals surface area contributed by atoms with Crippen molar-refractivity contribution in [3.05, 3.63) is 22.7 Å². The van der Waals surface area contributed by atoms with Gasteiger partial charge in [0.1, 0.15) is 0 Å². The molecule has 0 unspecified atom stereocenters. The van der Waals surface area contributed by atoms with Crippen LogP contribution in [0.5, 0.6) is 0 Å². The molecule has 1 aromatic carbocycles. The molecule has 0 aliphatic heterocycles. The van der Waals surface area contributed by atoms with Gasteiger partial charge in [-0.25, -0.2) is 0 Å². The van der Waals surface area contributed by atoms with Gasteiger partial charge in [0.05, 0.1) is 11.4 Å². The highest BCUT2D eigenvalue weighted by Gasteiger charge is 2.08. The standard InChI is InChI=1S/C13H18Br2N2O/c1-17(2)12-7-6-10(15)9-11(12)16-13(18)5-3-4-8-14/h6-7,9H,3-5,8H2,1-2H3,(H,16,18). The zero-order valence-corrected chi connectivity index (χ0v) is 13.8. The minimum absolute atomic E-state index is 0.0668. The van der Waals surface area contributed by atoms with Crippen LogP contribution >= 0.6 is 31.9 Å². The Kier molecular flexibility index (Phi) is 6.71. The summed E-state index contributed by atoms with van der Waals surface area (Å²) in [5.74, 6) is 0.0668. The molecule has 0 aromatic heterocycles. The first-order valence-electron chi connectivity index (χ1n) is 5.87. The molecule has 3 nitrogen and oxygen atoms in total. The normalized spacial score (nSPS) is 10.2. The van der Waals surface area contributed by atoms with Crippen LogP contribution < -0.4 is 10.2 Å². The molecule has 0 radical (unpaired) electrons. The third-order valence-electron chi connectivity index (χ3n) is 2.50. The number of rotatable bonds is 6. The number of hydrogen-bond donors (Lipinski definition) is 1. The van der Waals surface area contributed by atoms with E-state index in [0.717, 1.165) is 34.0 Å². The van der Waals surface area contributed by atoms with Gasteiger partial charge in [-0.15, -0.1) is 0 Å². The Balaban J connectivity index is 2.70. The molecule has 0 atom stereocenters. The summed E-state index contributed by atoms with van der Waals surface area (Å²) >= 11 is 6.79. The van der Waals surface area contributed by atoms with Crippen LogP contribution in [0.3, 0.4) is 0 Å². The maximum atomic E-state index is 11.8. The van der Waals surface area contributed by atoms with Crippen LogP contribution in [0.1, 0.15) is 19.3 Å². The lowest BCUT2D eigenvalue weighted by Gasteiger charge is -2.18. The number of amides is 1. The van der Waals surface area contributed by atoms with Gasteiger partial charge in [-0.3, -0.25) is 4.79 Å². The van der Waals surface area contributed by atoms with E-state index in [0.29, 0.717) is 6.42 Å². The Morgan fingerprint density at radius 2 is 2.06 bits per heavy atom. The summed E-state index contributed by atoms with van der Waals surface area (Å²) in [7, 11) is 3.92. The third kappa shape index (κ3) is 4.98. The fraction of sp³-hybridized carbons (Fsp3) is 0.462. The maximum Gasteiger partial charge on any atom is 0.224 e. The van der Waals surface area contributed by atoms with Crippen molar-refractivity contribution in [2.24, 2.45) is 0 Å². The first-order chi connectivity index (χ1) is 8.54. The molecule has 0 aliphatic rings. The number of nitrogens with one attached hydrogen (secondary N) is 1. The van der Waals surface area contributed by atoms with Crippen LogP contribution in [0.2, 0.25) is 0 Å². The number of anilines is 2. The fourth-order valence-electron chi connectivity index (χ4n) is 1.59. The van der Waals surface area contributed by atoms with E-state index in [1.807, 2.05) is 37.2 Å². The summed E-state index contributed by atoms with van der Waals surface area (Å²) in [6, 6.07) is 5.88. The van der Waals surface area contributed by atoms with Gasteiger partial charge < -0.3 is 10.2 Å². The average Bonchev–Trinajstić information content (AvgIpc) is 2.29. The van der Waals surface area contributed by atoms with Crippen molar-refractivity contribution in [2.45, 2.75) is 19.3 Å². The maximum absolute atomic E-state index is 11.8. The first kappa shape index (κ1) is 15.5. The largest absolute Gasteiger partial charge is 0.376 e. The van der Waals surface area contributed by atoms with E-state index >= 15 is 0 Å². The zero-order chi connectivity index (χ0) is 13.5. The summed E-state index contributed by atoms with van der Waals surface area (Å²) in [6.07, 6.45) is 2.49. The highest BCUT2D eigenvalue weighted by Crippen LogP contribution is 2.28. The fourth-order valence-corrected chi connectivity index (χ4v) is 2.35. The summed E-state index contributed by atoms with van der Waals surface area (Å²) in [5, 5.41) is 3.91. The monoisotopic (exact) mass is 376 g/mol. The van der Waals surface area contributed by atoms with Crippen LogP contribution in [0.4, 0.5) is 11.4 Å². The molecular weight excluding hydrogens is 360 g/mol. The van der Waals surface area contributed by atoms with Gasteiger partial charge in [0.25, 0.3) is 0 Å². The summed E-state index contributed by atoms with van der Waals surface area (Å²) in [4.78, 5) is 13.8. The van der Waals surface area contributed by atoms with Crippen molar-refractivity contribution in [3.8, 4) is 0 Å². The molecule has 1 aromatic rings. The molecule has 18 heavy (non-hydrogen) atoms. The Morgan fingerprint density at radius 1 is 1.33 bits per heavy atom. The number of alkyl halides is 1. The average molecular weight is 378 g/mol. The molecular formula is C13H18Br2N2O. The van der Waals surface area contributed by atoms with Crippen molar-refractivity contribution in [1.82, 2.24) is 0 Å². The lowest BCUT2D eigenvalue weighted by molar-refractivity contribution is -0.116. The molecule has 1 rings (SSSR count). The van der Waals surface area contributed by atoms with E-state index in [4.69, 9.17) is 0 Å². The smallest absolute Gasteiger partial charge is 0.224 e. The molecule has 0 aliphatic carbocycles. The summed E-state index contributed by atoms with van der Waals surface area (Å²) < 4.78 is 0.962. The second kappa shape index (κ2) is 7.79. The Labute approximate surface area is 125 Å². The van der Waals surface area contributed by atoms with Gasteiger partial charge in [0.2, 0.25) is 5.91 Å². The van der Waals surface area contributed by atoms with Gasteiger partial charge >= 0.3 is 0 Å². The van der Waals surface area contributed by atoms with Crippen molar-refractivity contribution in [2.75, 3.05) is 29.6 Å². The van der Waals surface area contributed by atoms with Crippen LogP contribution in [-0.2, 0) is 4.79 Å². The molecule has 0 spiro atoms. The molecule has 1 N–H and O–H groups in total. The summed E-state index contributed by atoms with van der Waals surface area (Å²) in [5.41, 5.74) is 1.85. The second-order valence-electron chi connectivity index (χ2n) is 4.25. The highest BCUT2D eigenvalue weighted by molar-refractivity contribution is 9.10. The minimum atomic E-state index is 0.0668. The van der Waals surface area contributed by atoms with E-state index in [2.05, 4.69) is 37.2 Å². The minimum Gasteiger partial charge on any atom is -0.376 e. The van der Waals surface area contributed by atoms with Crippen molar-refractivity contribution in [3.63, 3.8) is 0 Å². The van der Waals surface area contributed by atoms with Crippen LogP contribution in [0.25, 0.3) is 0 Å². The molecule has 100 valence electrons. The lowest BCUT2D eigenvalue weighted by Crippen LogP contribution is -2.16. The van der Waals surface area contributed by atoms with E-state index in [9.17, 15) is 4.79 Å². The predicted molar refractivity (Wildman–Crippen MR) is 84.7 cm³/mol. The van der Waals surface area contributed by atoms with E-state index < -0.39 is 0 Å². The molecule has 0 bridgehead atoms. The van der Waals surface area contributed by atoms with E-state index in [1.165, 1.54) is 0 Å². The first-order valence-corrected chi connectivity index (χ1v) is 7.78. The van der Waals surface area contributed by atoms with Gasteiger partial charge in [0.15, 0.2) is 0 Å². The van der Waals surface area contributed by atoms with Crippen molar-refractivity contribution >= 4 is 49.1 Å². The SMILES string of the molecule is CN(C)c1ccc(Br)cc1NC(=O)CCCCBr. The van der Waals surface area contributed by atoms with Gasteiger partial charge in [-0.2, -0.15) is 0 Å². The van der Waals surface area contributed by atoms with E-state index in [-0.39, 0.29) is 5.91 Å². The predicted octanol–water partition coefficient (Wildman–Crippen LogP) is 4.02. The number of hydrogen-bond acceptors (Lipinski definition) is 2. The molecule has 0 fully saturated rings. The molecule has 0 heterocycles.